The Labute approximate surface area is 227 Å². The van der Waals surface area contributed by atoms with Gasteiger partial charge in [0.15, 0.2) is 0 Å². The van der Waals surface area contributed by atoms with E-state index in [0.717, 1.165) is 64.7 Å². The maximum atomic E-state index is 13.3. The molecule has 2 aliphatic heterocycles. The highest BCUT2D eigenvalue weighted by molar-refractivity contribution is 7.82. The van der Waals surface area contributed by atoms with Gasteiger partial charge in [0.25, 0.3) is 5.91 Å². The number of likely N-dealkylation sites (tertiary alicyclic amines) is 1. The molecule has 0 spiro atoms. The first kappa shape index (κ1) is 26.8. The molecule has 2 N–H and O–H groups in total. The van der Waals surface area contributed by atoms with Gasteiger partial charge in [0.2, 0.25) is 5.56 Å². The summed E-state index contributed by atoms with van der Waals surface area (Å²) in [6, 6.07) is 17.6. The van der Waals surface area contributed by atoms with Crippen molar-refractivity contribution in [1.82, 2.24) is 19.5 Å². The van der Waals surface area contributed by atoms with Crippen LogP contribution in [0, 0.1) is 5.92 Å². The third-order valence-electron chi connectivity index (χ3n) is 8.00. The predicted octanol–water partition coefficient (Wildman–Crippen LogP) is 4.11. The van der Waals surface area contributed by atoms with E-state index in [1.54, 1.807) is 18.2 Å². The molecule has 3 aromatic rings. The summed E-state index contributed by atoms with van der Waals surface area (Å²) in [6.45, 7) is 6.28. The van der Waals surface area contributed by atoms with Crippen LogP contribution in [0.25, 0.3) is 10.9 Å². The number of nitrogens with one attached hydrogen (secondary N) is 2. The largest absolute Gasteiger partial charge is 0.351 e. The first-order chi connectivity index (χ1) is 18.5. The molecule has 3 heterocycles. The Morgan fingerprint density at radius 1 is 1.03 bits per heavy atom. The van der Waals surface area contributed by atoms with Crippen molar-refractivity contribution in [3.8, 4) is 0 Å². The van der Waals surface area contributed by atoms with Crippen molar-refractivity contribution in [2.75, 3.05) is 32.7 Å². The molecule has 8 heteroatoms. The van der Waals surface area contributed by atoms with Crippen LogP contribution in [0.15, 0.2) is 64.3 Å². The van der Waals surface area contributed by atoms with Crippen LogP contribution in [-0.2, 0) is 17.4 Å². The fourth-order valence-electron chi connectivity index (χ4n) is 5.77. The molecule has 202 valence electrons. The summed E-state index contributed by atoms with van der Waals surface area (Å²) >= 11 is 0. The van der Waals surface area contributed by atoms with Crippen LogP contribution in [0.3, 0.4) is 0 Å². The number of aromatic nitrogens is 1. The number of hydrogen-bond donors (Lipinski definition) is 2. The topological polar surface area (TPSA) is 85.5 Å². The molecule has 2 atom stereocenters. The minimum Gasteiger partial charge on any atom is -0.351 e. The van der Waals surface area contributed by atoms with E-state index >= 15 is 0 Å². The number of fused-ring (bicyclic) bond motifs is 1. The van der Waals surface area contributed by atoms with Crippen molar-refractivity contribution in [2.45, 2.75) is 56.4 Å². The summed E-state index contributed by atoms with van der Waals surface area (Å²) in [7, 11) is -1.30. The first-order valence-electron chi connectivity index (χ1n) is 13.9. The molecule has 0 aliphatic carbocycles. The lowest BCUT2D eigenvalue weighted by molar-refractivity contribution is 0.0945. The second-order valence-electron chi connectivity index (χ2n) is 10.7. The Kier molecular flexibility index (Phi) is 8.72. The number of rotatable bonds is 8. The van der Waals surface area contributed by atoms with E-state index in [9.17, 15) is 13.8 Å². The average molecular weight is 535 g/mol. The number of carbonyl (C=O) groups excluding carboxylic acids is 1. The van der Waals surface area contributed by atoms with Gasteiger partial charge < -0.3 is 15.2 Å². The van der Waals surface area contributed by atoms with Gasteiger partial charge in [-0.15, -0.1) is 0 Å². The highest BCUT2D eigenvalue weighted by atomic mass is 32.2. The summed E-state index contributed by atoms with van der Waals surface area (Å²) in [5, 5.41) is 3.64. The molecule has 0 radical (unpaired) electrons. The molecule has 2 unspecified atom stereocenters. The van der Waals surface area contributed by atoms with Crippen LogP contribution in [0.2, 0.25) is 0 Å². The van der Waals surface area contributed by atoms with E-state index in [1.165, 1.54) is 11.6 Å². The third kappa shape index (κ3) is 6.42. The minimum atomic E-state index is -1.30. The molecule has 1 amide bonds. The van der Waals surface area contributed by atoms with Gasteiger partial charge in [-0.25, -0.2) is 8.51 Å². The summed E-state index contributed by atoms with van der Waals surface area (Å²) in [4.78, 5) is 31.3. The molecule has 2 saturated heterocycles. The van der Waals surface area contributed by atoms with Crippen LogP contribution in [0.4, 0.5) is 0 Å². The number of piperidine rings is 2. The SMILES string of the molecule is CC1CCCCN1S(=O)c1ccc2[nH]c(=O)cc(C(=O)NCCN3CCC(Cc4ccccc4)CC3)c2c1. The standard InChI is InChI=1S/C30H38N4O3S/c1-22-7-5-6-15-34(22)38(37)25-10-11-28-26(20-25)27(21-29(35)32-28)30(36)31-14-18-33-16-12-24(13-17-33)19-23-8-3-2-4-9-23/h2-4,8-11,20-22,24H,5-7,12-19H2,1H3,(H,31,36)(H,32,35). The predicted molar refractivity (Wildman–Crippen MR) is 153 cm³/mol. The fraction of sp³-hybridized carbons (Fsp3) is 0.467. The number of hydrogen-bond acceptors (Lipinski definition) is 4. The smallest absolute Gasteiger partial charge is 0.252 e. The maximum absolute atomic E-state index is 13.3. The Bertz CT molecular complexity index is 1330. The first-order valence-corrected chi connectivity index (χ1v) is 15.0. The lowest BCUT2D eigenvalue weighted by Gasteiger charge is -2.32. The van der Waals surface area contributed by atoms with Crippen LogP contribution in [0.5, 0.6) is 0 Å². The average Bonchev–Trinajstić information content (AvgIpc) is 2.93. The third-order valence-corrected chi connectivity index (χ3v) is 9.63. The van der Waals surface area contributed by atoms with Gasteiger partial charge in [-0.05, 0) is 81.8 Å². The van der Waals surface area contributed by atoms with Crippen LogP contribution >= 0.6 is 0 Å². The number of H-pyrrole nitrogens is 1. The Morgan fingerprint density at radius 3 is 2.58 bits per heavy atom. The molecule has 7 nitrogen and oxygen atoms in total. The quantitative estimate of drug-likeness (QED) is 0.456. The molecule has 0 bridgehead atoms. The van der Waals surface area contributed by atoms with Gasteiger partial charge in [0.1, 0.15) is 11.0 Å². The van der Waals surface area contributed by atoms with Gasteiger partial charge >= 0.3 is 0 Å². The number of nitrogens with zero attached hydrogens (tertiary/aromatic N) is 2. The number of amides is 1. The maximum Gasteiger partial charge on any atom is 0.252 e. The van der Waals surface area contributed by atoms with E-state index in [-0.39, 0.29) is 17.5 Å². The number of aromatic amines is 1. The van der Waals surface area contributed by atoms with Crippen LogP contribution < -0.4 is 10.9 Å². The zero-order valence-corrected chi connectivity index (χ0v) is 23.0. The molecule has 2 fully saturated rings. The molecular weight excluding hydrogens is 496 g/mol. The normalized spacial score (nSPS) is 20.4. The van der Waals surface area contributed by atoms with Gasteiger partial charge in [0, 0.05) is 42.6 Å². The molecule has 1 aromatic heterocycles. The molecule has 2 aliphatic rings. The van der Waals surface area contributed by atoms with Gasteiger partial charge in [0.05, 0.1) is 10.5 Å². The van der Waals surface area contributed by atoms with E-state index in [4.69, 9.17) is 0 Å². The molecule has 0 saturated carbocycles. The van der Waals surface area contributed by atoms with Crippen molar-refractivity contribution >= 4 is 27.8 Å². The summed E-state index contributed by atoms with van der Waals surface area (Å²) in [6.07, 6.45) is 6.68. The zero-order chi connectivity index (χ0) is 26.5. The van der Waals surface area contributed by atoms with Crippen molar-refractivity contribution < 1.29 is 9.00 Å². The van der Waals surface area contributed by atoms with E-state index in [2.05, 4.69) is 52.5 Å². The van der Waals surface area contributed by atoms with Gasteiger partial charge in [-0.2, -0.15) is 0 Å². The van der Waals surface area contributed by atoms with E-state index in [1.807, 2.05) is 4.31 Å². The molecule has 38 heavy (non-hydrogen) atoms. The molecule has 5 rings (SSSR count). The van der Waals surface area contributed by atoms with Crippen molar-refractivity contribution in [2.24, 2.45) is 5.92 Å². The summed E-state index contributed by atoms with van der Waals surface area (Å²) in [5.41, 5.74) is 1.99. The second-order valence-corrected chi connectivity index (χ2v) is 12.2. The molecule has 2 aromatic carbocycles. The van der Waals surface area contributed by atoms with Crippen LogP contribution in [0.1, 0.15) is 54.9 Å². The lowest BCUT2D eigenvalue weighted by atomic mass is 9.90. The van der Waals surface area contributed by atoms with Gasteiger partial charge in [-0.3, -0.25) is 9.59 Å². The highest BCUT2D eigenvalue weighted by Gasteiger charge is 2.25. The Hall–Kier alpha value is -2.81. The number of pyridine rings is 1. The van der Waals surface area contributed by atoms with Crippen molar-refractivity contribution in [3.05, 3.63) is 76.1 Å². The van der Waals surface area contributed by atoms with Crippen molar-refractivity contribution in [3.63, 3.8) is 0 Å². The molecular formula is C30H38N4O3S. The Morgan fingerprint density at radius 2 is 1.82 bits per heavy atom. The summed E-state index contributed by atoms with van der Waals surface area (Å²) in [5.74, 6) is 0.438. The number of carbonyl (C=O) groups is 1. The zero-order valence-electron chi connectivity index (χ0n) is 22.2. The monoisotopic (exact) mass is 534 g/mol. The van der Waals surface area contributed by atoms with E-state index < -0.39 is 11.0 Å². The summed E-state index contributed by atoms with van der Waals surface area (Å²) < 4.78 is 15.4. The van der Waals surface area contributed by atoms with Crippen LogP contribution in [-0.4, -0.2) is 63.1 Å². The van der Waals surface area contributed by atoms with Crippen molar-refractivity contribution in [1.29, 1.82) is 0 Å². The second kappa shape index (κ2) is 12.4. The fourth-order valence-corrected chi connectivity index (χ4v) is 7.17. The highest BCUT2D eigenvalue weighted by Crippen LogP contribution is 2.25. The number of benzene rings is 2. The van der Waals surface area contributed by atoms with Gasteiger partial charge in [-0.1, -0.05) is 36.8 Å². The van der Waals surface area contributed by atoms with E-state index in [0.29, 0.717) is 33.8 Å². The minimum absolute atomic E-state index is 0.252. The Balaban J connectivity index is 1.20. The lowest BCUT2D eigenvalue weighted by Crippen LogP contribution is -2.40.